The Kier molecular flexibility index (Phi) is 11.5. The SMILES string of the molecule is CCCCCCc1ccsc1.ClC(Cl)Cl. The van der Waals surface area contributed by atoms with E-state index in [0.717, 1.165) is 0 Å². The zero-order valence-corrected chi connectivity index (χ0v) is 12.0. The summed E-state index contributed by atoms with van der Waals surface area (Å²) in [6.07, 6.45) is 6.77. The van der Waals surface area contributed by atoms with Crippen molar-refractivity contribution in [3.05, 3.63) is 22.4 Å². The van der Waals surface area contributed by atoms with E-state index in [4.69, 9.17) is 34.8 Å². The number of hydrogen-bond acceptors (Lipinski definition) is 1. The molecule has 1 aromatic heterocycles. The molecule has 0 fully saturated rings. The minimum atomic E-state index is -0.750. The summed E-state index contributed by atoms with van der Waals surface area (Å²) < 4.78 is -0.750. The van der Waals surface area contributed by atoms with Crippen LogP contribution >= 0.6 is 46.1 Å². The summed E-state index contributed by atoms with van der Waals surface area (Å²) in [5, 5.41) is 4.42. The second-order valence-electron chi connectivity index (χ2n) is 3.19. The van der Waals surface area contributed by atoms with E-state index >= 15 is 0 Å². The first-order chi connectivity index (χ1) is 7.16. The van der Waals surface area contributed by atoms with Gasteiger partial charge in [0.15, 0.2) is 4.30 Å². The van der Waals surface area contributed by atoms with Gasteiger partial charge >= 0.3 is 0 Å². The third-order valence-electron chi connectivity index (χ3n) is 1.90. The first kappa shape index (κ1) is 15.6. The van der Waals surface area contributed by atoms with Crippen molar-refractivity contribution in [2.45, 2.75) is 43.3 Å². The Bertz CT molecular complexity index is 207. The predicted octanol–water partition coefficient (Wildman–Crippen LogP) is 5.86. The van der Waals surface area contributed by atoms with E-state index in [1.807, 2.05) is 0 Å². The molecule has 0 N–H and O–H groups in total. The van der Waals surface area contributed by atoms with E-state index in [0.29, 0.717) is 0 Å². The van der Waals surface area contributed by atoms with Crippen molar-refractivity contribution < 1.29 is 0 Å². The summed E-state index contributed by atoms with van der Waals surface area (Å²) in [6, 6.07) is 2.23. The molecule has 0 unspecified atom stereocenters. The van der Waals surface area contributed by atoms with Gasteiger partial charge in [0.05, 0.1) is 0 Å². The van der Waals surface area contributed by atoms with Gasteiger partial charge in [0, 0.05) is 0 Å². The van der Waals surface area contributed by atoms with Crippen LogP contribution in [-0.2, 0) is 6.42 Å². The second kappa shape index (κ2) is 11.1. The summed E-state index contributed by atoms with van der Waals surface area (Å²) in [7, 11) is 0. The van der Waals surface area contributed by atoms with Gasteiger partial charge in [0.1, 0.15) is 0 Å². The van der Waals surface area contributed by atoms with Crippen LogP contribution in [0.2, 0.25) is 0 Å². The molecule has 0 aromatic carbocycles. The molecule has 1 heterocycles. The maximum atomic E-state index is 4.81. The molecule has 0 aliphatic carbocycles. The molecule has 0 aliphatic rings. The van der Waals surface area contributed by atoms with Crippen molar-refractivity contribution in [2.24, 2.45) is 0 Å². The highest BCUT2D eigenvalue weighted by Gasteiger charge is 1.91. The number of thiophene rings is 1. The lowest BCUT2D eigenvalue weighted by atomic mass is 10.1. The van der Waals surface area contributed by atoms with Gasteiger partial charge in [-0.2, -0.15) is 11.3 Å². The van der Waals surface area contributed by atoms with Crippen LogP contribution in [0, 0.1) is 0 Å². The maximum absolute atomic E-state index is 4.81. The Morgan fingerprint density at radius 3 is 2.33 bits per heavy atom. The molecule has 0 spiro atoms. The Hall–Kier alpha value is 0.570. The molecule has 0 saturated carbocycles. The molecular weight excluding hydrogens is 271 g/mol. The zero-order valence-electron chi connectivity index (χ0n) is 8.89. The number of aryl methyl sites for hydroxylation is 1. The first-order valence-electron chi connectivity index (χ1n) is 5.10. The molecule has 15 heavy (non-hydrogen) atoms. The van der Waals surface area contributed by atoms with Crippen LogP contribution in [0.1, 0.15) is 38.2 Å². The Morgan fingerprint density at radius 2 is 1.87 bits per heavy atom. The normalized spacial score (nSPS) is 9.93. The van der Waals surface area contributed by atoms with Crippen LogP contribution in [0.25, 0.3) is 0 Å². The number of rotatable bonds is 5. The third kappa shape index (κ3) is 12.5. The zero-order chi connectivity index (χ0) is 11.5. The fourth-order valence-corrected chi connectivity index (χ4v) is 1.89. The van der Waals surface area contributed by atoms with Crippen LogP contribution in [0.4, 0.5) is 0 Å². The van der Waals surface area contributed by atoms with Crippen molar-refractivity contribution in [1.29, 1.82) is 0 Å². The monoisotopic (exact) mass is 286 g/mol. The molecule has 4 heteroatoms. The standard InChI is InChI=1S/C10H16S.CHCl3/c1-2-3-4-5-6-10-7-8-11-9-10;2-1(3)4/h7-9H,2-6H2,1H3;1H. The highest BCUT2D eigenvalue weighted by atomic mass is 35.6. The molecule has 0 nitrogen and oxygen atoms in total. The van der Waals surface area contributed by atoms with Crippen LogP contribution < -0.4 is 0 Å². The summed E-state index contributed by atoms with van der Waals surface area (Å²) in [4.78, 5) is 0. The molecule has 0 atom stereocenters. The molecule has 0 radical (unpaired) electrons. The Balaban J connectivity index is 0.000000423. The molecule has 1 aromatic rings. The molecule has 0 saturated heterocycles. The maximum Gasteiger partial charge on any atom is 0.180 e. The Morgan fingerprint density at radius 1 is 1.20 bits per heavy atom. The van der Waals surface area contributed by atoms with Crippen molar-refractivity contribution >= 4 is 46.1 Å². The van der Waals surface area contributed by atoms with Crippen LogP contribution in [0.15, 0.2) is 16.8 Å². The third-order valence-corrected chi connectivity index (χ3v) is 2.63. The minimum absolute atomic E-state index is 0.750. The number of hydrogen-bond donors (Lipinski definition) is 0. The lowest BCUT2D eigenvalue weighted by Gasteiger charge is -1.96. The first-order valence-corrected chi connectivity index (χ1v) is 7.35. The van der Waals surface area contributed by atoms with E-state index in [1.165, 1.54) is 37.7 Å². The predicted molar refractivity (Wildman–Crippen MR) is 73.5 cm³/mol. The summed E-state index contributed by atoms with van der Waals surface area (Å²) in [6.45, 7) is 2.25. The summed E-state index contributed by atoms with van der Waals surface area (Å²) in [5.74, 6) is 0. The molecule has 0 aliphatic heterocycles. The largest absolute Gasteiger partial charge is 0.180 e. The van der Waals surface area contributed by atoms with E-state index in [1.54, 1.807) is 11.3 Å². The van der Waals surface area contributed by atoms with Gasteiger partial charge in [0.2, 0.25) is 0 Å². The molecule has 1 rings (SSSR count). The average Bonchev–Trinajstić information content (AvgIpc) is 2.64. The second-order valence-corrected chi connectivity index (χ2v) is 5.95. The van der Waals surface area contributed by atoms with Gasteiger partial charge in [0.25, 0.3) is 0 Å². The lowest BCUT2D eigenvalue weighted by molar-refractivity contribution is 0.667. The number of halogens is 3. The van der Waals surface area contributed by atoms with Gasteiger partial charge in [-0.25, -0.2) is 0 Å². The van der Waals surface area contributed by atoms with Gasteiger partial charge in [-0.15, -0.1) is 0 Å². The van der Waals surface area contributed by atoms with Crippen LogP contribution in [0.3, 0.4) is 0 Å². The van der Waals surface area contributed by atoms with Crippen LogP contribution in [-0.4, -0.2) is 4.30 Å². The highest BCUT2D eigenvalue weighted by Crippen LogP contribution is 2.10. The van der Waals surface area contributed by atoms with Gasteiger partial charge in [-0.3, -0.25) is 0 Å². The average molecular weight is 288 g/mol. The van der Waals surface area contributed by atoms with E-state index < -0.39 is 4.30 Å². The fourth-order valence-electron chi connectivity index (χ4n) is 1.19. The quantitative estimate of drug-likeness (QED) is 0.470. The van der Waals surface area contributed by atoms with E-state index in [9.17, 15) is 0 Å². The summed E-state index contributed by atoms with van der Waals surface area (Å²) >= 11 is 16.2. The highest BCUT2D eigenvalue weighted by molar-refractivity contribution is 7.07. The molecular formula is C11H17Cl3S. The summed E-state index contributed by atoms with van der Waals surface area (Å²) in [5.41, 5.74) is 1.52. The van der Waals surface area contributed by atoms with Gasteiger partial charge in [-0.1, -0.05) is 61.0 Å². The molecule has 0 bridgehead atoms. The fraction of sp³-hybridized carbons (Fsp3) is 0.636. The van der Waals surface area contributed by atoms with Crippen molar-refractivity contribution in [2.75, 3.05) is 0 Å². The van der Waals surface area contributed by atoms with Crippen LogP contribution in [0.5, 0.6) is 0 Å². The number of unbranched alkanes of at least 4 members (excludes halogenated alkanes) is 3. The van der Waals surface area contributed by atoms with E-state index in [2.05, 4.69) is 23.8 Å². The smallest absolute Gasteiger partial charge is 0.152 e. The van der Waals surface area contributed by atoms with Gasteiger partial charge < -0.3 is 0 Å². The number of alkyl halides is 3. The Labute approximate surface area is 112 Å². The van der Waals surface area contributed by atoms with Crippen molar-refractivity contribution in [1.82, 2.24) is 0 Å². The van der Waals surface area contributed by atoms with Crippen molar-refractivity contribution in [3.8, 4) is 0 Å². The minimum Gasteiger partial charge on any atom is -0.152 e. The topological polar surface area (TPSA) is 0 Å². The van der Waals surface area contributed by atoms with E-state index in [-0.39, 0.29) is 0 Å². The van der Waals surface area contributed by atoms with Gasteiger partial charge in [-0.05, 0) is 35.2 Å². The van der Waals surface area contributed by atoms with Crippen molar-refractivity contribution in [3.63, 3.8) is 0 Å². The lowest BCUT2D eigenvalue weighted by Crippen LogP contribution is -1.81. The molecule has 88 valence electrons. The molecule has 0 amide bonds.